The highest BCUT2D eigenvalue weighted by molar-refractivity contribution is 6.00. The molecule has 0 aliphatic heterocycles. The van der Waals surface area contributed by atoms with Crippen LogP contribution in [0.5, 0.6) is 0 Å². The fourth-order valence-corrected chi connectivity index (χ4v) is 3.17. The molecule has 172 valence electrons. The zero-order chi connectivity index (χ0) is 24.0. The summed E-state index contributed by atoms with van der Waals surface area (Å²) in [4.78, 5) is 53.5. The van der Waals surface area contributed by atoms with E-state index < -0.39 is 23.9 Å². The molecule has 32 heavy (non-hydrogen) atoms. The molecule has 9 heteroatoms. The molecule has 0 saturated heterocycles. The molecule has 0 bridgehead atoms. The normalized spacial score (nSPS) is 11.4. The Morgan fingerprint density at radius 3 is 2.28 bits per heavy atom. The molecule has 1 unspecified atom stereocenters. The first-order chi connectivity index (χ1) is 15.0. The largest absolute Gasteiger partial charge is 0.461 e. The molecule has 0 radical (unpaired) electrons. The average molecular weight is 444 g/mol. The van der Waals surface area contributed by atoms with Gasteiger partial charge in [0, 0.05) is 18.4 Å². The molecule has 9 nitrogen and oxygen atoms in total. The zero-order valence-electron chi connectivity index (χ0n) is 19.2. The number of amides is 2. The van der Waals surface area contributed by atoms with E-state index >= 15 is 0 Å². The van der Waals surface area contributed by atoms with Gasteiger partial charge < -0.3 is 24.7 Å². The quantitative estimate of drug-likeness (QED) is 0.606. The summed E-state index contributed by atoms with van der Waals surface area (Å²) < 4.78 is 10.3. The number of hydrogen-bond acceptors (Lipinski definition) is 6. The van der Waals surface area contributed by atoms with Crippen LogP contribution in [0.3, 0.4) is 0 Å². The minimum atomic E-state index is -1.13. The molecule has 1 aromatic carbocycles. The first-order valence-electron chi connectivity index (χ1n) is 10.2. The third-order valence-corrected chi connectivity index (χ3v) is 4.85. The van der Waals surface area contributed by atoms with E-state index in [-0.39, 0.29) is 30.3 Å². The number of aryl methyl sites for hydroxylation is 2. The Labute approximate surface area is 187 Å². The summed E-state index contributed by atoms with van der Waals surface area (Å²) in [6, 6.07) is 7.27. The maximum Gasteiger partial charge on any atom is 0.355 e. The van der Waals surface area contributed by atoms with Crippen LogP contribution in [0.15, 0.2) is 24.3 Å². The number of H-pyrrole nitrogens is 1. The molecule has 0 fully saturated rings. The van der Waals surface area contributed by atoms with Crippen LogP contribution in [0.1, 0.15) is 51.5 Å². The van der Waals surface area contributed by atoms with E-state index in [9.17, 15) is 19.2 Å². The number of aromatic nitrogens is 1. The van der Waals surface area contributed by atoms with Gasteiger partial charge in [0.1, 0.15) is 5.69 Å². The van der Waals surface area contributed by atoms with Crippen molar-refractivity contribution in [2.75, 3.05) is 25.5 Å². The second kappa shape index (κ2) is 10.6. The van der Waals surface area contributed by atoms with Crippen molar-refractivity contribution in [3.8, 4) is 0 Å². The lowest BCUT2D eigenvalue weighted by Gasteiger charge is -2.21. The molecule has 0 spiro atoms. The Hall–Kier alpha value is -3.62. The Bertz CT molecular complexity index is 1010. The van der Waals surface area contributed by atoms with Gasteiger partial charge >= 0.3 is 11.9 Å². The lowest BCUT2D eigenvalue weighted by Crippen LogP contribution is -2.41. The van der Waals surface area contributed by atoms with Gasteiger partial charge in [0.05, 0.1) is 18.7 Å². The molecule has 0 aliphatic carbocycles. The minimum Gasteiger partial charge on any atom is -0.461 e. The van der Waals surface area contributed by atoms with Gasteiger partial charge in [-0.15, -0.1) is 0 Å². The second-order valence-corrected chi connectivity index (χ2v) is 7.50. The Morgan fingerprint density at radius 1 is 1.06 bits per heavy atom. The van der Waals surface area contributed by atoms with E-state index in [0.29, 0.717) is 16.9 Å². The number of likely N-dealkylation sites (N-methyl/N-ethyl adjacent to an activating group) is 1. The van der Waals surface area contributed by atoms with Crippen LogP contribution < -0.4 is 5.32 Å². The van der Waals surface area contributed by atoms with E-state index in [2.05, 4.69) is 10.3 Å². The molecule has 1 aromatic heterocycles. The topological polar surface area (TPSA) is 118 Å². The van der Waals surface area contributed by atoms with E-state index in [1.807, 2.05) is 19.1 Å². The summed E-state index contributed by atoms with van der Waals surface area (Å²) in [6.45, 7) is 8.27. The number of aromatic amines is 1. The number of nitrogens with one attached hydrogen (secondary N) is 2. The summed E-state index contributed by atoms with van der Waals surface area (Å²) in [7, 11) is 1.45. The molecule has 2 N–H and O–H groups in total. The van der Waals surface area contributed by atoms with Crippen molar-refractivity contribution in [2.45, 2.75) is 40.7 Å². The van der Waals surface area contributed by atoms with Gasteiger partial charge in [-0.05, 0) is 52.3 Å². The van der Waals surface area contributed by atoms with Gasteiger partial charge in [-0.2, -0.15) is 0 Å². The number of rotatable bonds is 8. The number of hydrogen-bond donors (Lipinski definition) is 2. The van der Waals surface area contributed by atoms with E-state index in [4.69, 9.17) is 9.47 Å². The third-order valence-electron chi connectivity index (χ3n) is 4.85. The molecule has 0 saturated carbocycles. The molecule has 1 atom stereocenters. The van der Waals surface area contributed by atoms with E-state index in [0.717, 1.165) is 5.56 Å². The zero-order valence-corrected chi connectivity index (χ0v) is 19.2. The van der Waals surface area contributed by atoms with Gasteiger partial charge in [-0.1, -0.05) is 17.7 Å². The lowest BCUT2D eigenvalue weighted by atomic mass is 10.1. The van der Waals surface area contributed by atoms with Gasteiger partial charge in [0.15, 0.2) is 6.10 Å². The molecule has 2 rings (SSSR count). The minimum absolute atomic E-state index is 0.167. The number of esters is 2. The predicted molar refractivity (Wildman–Crippen MR) is 119 cm³/mol. The Balaban J connectivity index is 1.99. The highest BCUT2D eigenvalue weighted by atomic mass is 16.5. The fraction of sp³-hybridized carbons (Fsp3) is 0.391. The van der Waals surface area contributed by atoms with Crippen molar-refractivity contribution in [3.05, 3.63) is 52.3 Å². The van der Waals surface area contributed by atoms with Gasteiger partial charge in [-0.25, -0.2) is 9.59 Å². The number of carbonyl (C=O) groups is 4. The predicted octanol–water partition coefficient (Wildman–Crippen LogP) is 2.76. The molecule has 2 aromatic rings. The first kappa shape index (κ1) is 24.6. The number of carbonyl (C=O) groups excluding carboxylic acids is 4. The Kier molecular flexibility index (Phi) is 8.17. The van der Waals surface area contributed by atoms with E-state index in [1.165, 1.54) is 18.9 Å². The van der Waals surface area contributed by atoms with Gasteiger partial charge in [-0.3, -0.25) is 9.59 Å². The smallest absolute Gasteiger partial charge is 0.355 e. The summed E-state index contributed by atoms with van der Waals surface area (Å²) in [5.41, 5.74) is 2.84. The van der Waals surface area contributed by atoms with Crippen LogP contribution >= 0.6 is 0 Å². The number of ether oxygens (including phenoxy) is 2. The maximum atomic E-state index is 12.7. The third kappa shape index (κ3) is 5.96. The average Bonchev–Trinajstić information content (AvgIpc) is 3.03. The number of anilines is 1. The lowest BCUT2D eigenvalue weighted by molar-refractivity contribution is -0.140. The van der Waals surface area contributed by atoms with Crippen LogP contribution in [0.25, 0.3) is 0 Å². The maximum absolute atomic E-state index is 12.7. The summed E-state index contributed by atoms with van der Waals surface area (Å²) in [6.07, 6.45) is -1.13. The standard InChI is InChI=1S/C23H29N3O6/c1-7-31-23(30)20-14(3)19(15(4)24-20)22(29)32-16(5)21(28)26(6)12-18(27)25-17-10-8-13(2)9-11-17/h8-11,16,24H,7,12H2,1-6H3,(H,25,27). The van der Waals surface area contributed by atoms with Crippen molar-refractivity contribution in [3.63, 3.8) is 0 Å². The van der Waals surface area contributed by atoms with Crippen molar-refractivity contribution < 1.29 is 28.7 Å². The molecular weight excluding hydrogens is 414 g/mol. The second-order valence-electron chi connectivity index (χ2n) is 7.50. The molecule has 2 amide bonds. The van der Waals surface area contributed by atoms with Crippen LogP contribution in [-0.4, -0.2) is 59.9 Å². The van der Waals surface area contributed by atoms with Crippen molar-refractivity contribution in [1.82, 2.24) is 9.88 Å². The van der Waals surface area contributed by atoms with Crippen LogP contribution in [0.2, 0.25) is 0 Å². The SMILES string of the molecule is CCOC(=O)c1[nH]c(C)c(C(=O)OC(C)C(=O)N(C)CC(=O)Nc2ccc(C)cc2)c1C. The monoisotopic (exact) mass is 443 g/mol. The fourth-order valence-electron chi connectivity index (χ4n) is 3.17. The highest BCUT2D eigenvalue weighted by Crippen LogP contribution is 2.20. The van der Waals surface area contributed by atoms with Crippen molar-refractivity contribution in [2.24, 2.45) is 0 Å². The molecular formula is C23H29N3O6. The summed E-state index contributed by atoms with van der Waals surface area (Å²) in [5, 5.41) is 2.71. The van der Waals surface area contributed by atoms with Crippen molar-refractivity contribution >= 4 is 29.4 Å². The van der Waals surface area contributed by atoms with Crippen LogP contribution in [-0.2, 0) is 19.1 Å². The summed E-state index contributed by atoms with van der Waals surface area (Å²) in [5.74, 6) is -2.23. The number of nitrogens with zero attached hydrogens (tertiary/aromatic N) is 1. The van der Waals surface area contributed by atoms with Crippen LogP contribution in [0.4, 0.5) is 5.69 Å². The Morgan fingerprint density at radius 2 is 1.69 bits per heavy atom. The van der Waals surface area contributed by atoms with Crippen LogP contribution in [0, 0.1) is 20.8 Å². The van der Waals surface area contributed by atoms with E-state index in [1.54, 1.807) is 32.9 Å². The van der Waals surface area contributed by atoms with Gasteiger partial charge in [0.25, 0.3) is 5.91 Å². The molecule has 0 aliphatic rings. The highest BCUT2D eigenvalue weighted by Gasteiger charge is 2.28. The molecule has 1 heterocycles. The first-order valence-corrected chi connectivity index (χ1v) is 10.2. The van der Waals surface area contributed by atoms with Crippen molar-refractivity contribution in [1.29, 1.82) is 0 Å². The van der Waals surface area contributed by atoms with Gasteiger partial charge in [0.2, 0.25) is 5.91 Å². The summed E-state index contributed by atoms with van der Waals surface area (Å²) >= 11 is 0. The number of benzene rings is 1.